The zero-order valence-electron chi connectivity index (χ0n) is 18.6. The molecule has 3 aromatic heterocycles. The van der Waals surface area contributed by atoms with Gasteiger partial charge in [-0.2, -0.15) is 20.1 Å². The van der Waals surface area contributed by atoms with Crippen LogP contribution in [-0.4, -0.2) is 53.9 Å². The molecular formula is C22H20F3N7O4. The Balaban J connectivity index is 1.56. The molecule has 0 bridgehead atoms. The maximum atomic E-state index is 12.5. The van der Waals surface area contributed by atoms with E-state index < -0.39 is 12.5 Å². The molecule has 0 saturated carbocycles. The highest BCUT2D eigenvalue weighted by Crippen LogP contribution is 2.32. The second-order valence-corrected chi connectivity index (χ2v) is 7.99. The van der Waals surface area contributed by atoms with Gasteiger partial charge in [0.25, 0.3) is 0 Å². The van der Waals surface area contributed by atoms with Gasteiger partial charge in [0.05, 0.1) is 29.5 Å². The van der Waals surface area contributed by atoms with Crippen molar-refractivity contribution in [1.82, 2.24) is 35.1 Å². The molecule has 1 saturated heterocycles. The molecule has 1 aromatic carbocycles. The monoisotopic (exact) mass is 503 g/mol. The fourth-order valence-corrected chi connectivity index (χ4v) is 4.02. The van der Waals surface area contributed by atoms with Gasteiger partial charge in [-0.1, -0.05) is 0 Å². The molecule has 4 aromatic rings. The van der Waals surface area contributed by atoms with Crippen LogP contribution in [0.15, 0.2) is 42.7 Å². The number of nitrogens with one attached hydrogen (secondary N) is 1. The van der Waals surface area contributed by atoms with Crippen molar-refractivity contribution in [3.8, 4) is 22.7 Å². The average Bonchev–Trinajstić information content (AvgIpc) is 3.48. The number of nitrogens with zero attached hydrogens (tertiary/aromatic N) is 6. The van der Waals surface area contributed by atoms with E-state index in [9.17, 15) is 18.0 Å². The van der Waals surface area contributed by atoms with Gasteiger partial charge in [-0.15, -0.1) is 13.2 Å². The van der Waals surface area contributed by atoms with Crippen molar-refractivity contribution in [2.75, 3.05) is 6.61 Å². The van der Waals surface area contributed by atoms with Crippen LogP contribution in [0.2, 0.25) is 0 Å². The minimum atomic E-state index is -4.81. The van der Waals surface area contributed by atoms with Crippen molar-refractivity contribution in [1.29, 1.82) is 0 Å². The van der Waals surface area contributed by atoms with Crippen LogP contribution in [0.3, 0.4) is 0 Å². The third-order valence-electron chi connectivity index (χ3n) is 5.56. The lowest BCUT2D eigenvalue weighted by molar-refractivity contribution is -0.274. The van der Waals surface area contributed by atoms with Gasteiger partial charge in [0.1, 0.15) is 11.4 Å². The summed E-state index contributed by atoms with van der Waals surface area (Å²) in [5.74, 6) is -0.384. The van der Waals surface area contributed by atoms with Crippen LogP contribution in [0.25, 0.3) is 28.0 Å². The third kappa shape index (κ3) is 4.93. The summed E-state index contributed by atoms with van der Waals surface area (Å²) in [5.41, 5.74) is 2.26. The summed E-state index contributed by atoms with van der Waals surface area (Å²) in [6.07, 6.45) is -0.408. The number of alkyl halides is 3. The number of hydrogen-bond acceptors (Lipinski definition) is 7. The average molecular weight is 503 g/mol. The zero-order chi connectivity index (χ0) is 25.3. The molecule has 1 unspecified atom stereocenters. The summed E-state index contributed by atoms with van der Waals surface area (Å²) in [4.78, 5) is 17.1. The number of fused-ring (bicyclic) bond motifs is 1. The first-order valence-electron chi connectivity index (χ1n) is 11.0. The largest absolute Gasteiger partial charge is 0.573 e. The number of pyridine rings is 1. The predicted molar refractivity (Wildman–Crippen MR) is 118 cm³/mol. The van der Waals surface area contributed by atoms with E-state index in [0.717, 1.165) is 31.4 Å². The molecule has 1 fully saturated rings. The Bertz CT molecular complexity index is 1380. The van der Waals surface area contributed by atoms with E-state index in [1.165, 1.54) is 21.6 Å². The van der Waals surface area contributed by atoms with E-state index in [2.05, 4.69) is 30.3 Å². The lowest BCUT2D eigenvalue weighted by Gasteiger charge is -2.21. The number of hydrogen-bond donors (Lipinski definition) is 2. The van der Waals surface area contributed by atoms with Gasteiger partial charge in [0.15, 0.2) is 11.9 Å². The topological polar surface area (TPSA) is 129 Å². The molecule has 0 radical (unpaired) electrons. The quantitative estimate of drug-likeness (QED) is 0.403. The number of carboxylic acid groups (broad SMARTS) is 1. The summed E-state index contributed by atoms with van der Waals surface area (Å²) >= 11 is 0. The molecule has 0 aliphatic carbocycles. The van der Waals surface area contributed by atoms with Gasteiger partial charge < -0.3 is 19.9 Å². The van der Waals surface area contributed by atoms with Crippen LogP contribution >= 0.6 is 0 Å². The zero-order valence-corrected chi connectivity index (χ0v) is 18.6. The van der Waals surface area contributed by atoms with Gasteiger partial charge in [-0.05, 0) is 49.6 Å². The van der Waals surface area contributed by atoms with Crippen LogP contribution in [0, 0.1) is 0 Å². The number of aromatic nitrogens is 6. The van der Waals surface area contributed by atoms with E-state index >= 15 is 0 Å². The Hall–Kier alpha value is -4.20. The molecule has 0 spiro atoms. The van der Waals surface area contributed by atoms with Gasteiger partial charge in [-0.3, -0.25) is 0 Å². The van der Waals surface area contributed by atoms with E-state index in [1.807, 2.05) is 0 Å². The number of carbonyl (C=O) groups is 1. The molecule has 4 heterocycles. The summed E-state index contributed by atoms with van der Waals surface area (Å²) < 4.78 is 48.7. The highest BCUT2D eigenvalue weighted by molar-refractivity contribution is 5.94. The summed E-state index contributed by atoms with van der Waals surface area (Å²) in [5, 5.41) is 25.4. The lowest BCUT2D eigenvalue weighted by Crippen LogP contribution is -2.20. The molecule has 11 nitrogen and oxygen atoms in total. The lowest BCUT2D eigenvalue weighted by atomic mass is 10.1. The molecular weight excluding hydrogens is 483 g/mol. The van der Waals surface area contributed by atoms with E-state index in [1.54, 1.807) is 18.5 Å². The number of rotatable bonds is 6. The minimum absolute atomic E-state index is 0.132. The van der Waals surface area contributed by atoms with Crippen LogP contribution in [0.4, 0.5) is 18.0 Å². The molecule has 36 heavy (non-hydrogen) atoms. The first-order valence-corrected chi connectivity index (χ1v) is 11.0. The van der Waals surface area contributed by atoms with E-state index in [0.29, 0.717) is 40.3 Å². The molecule has 1 aliphatic heterocycles. The minimum Gasteiger partial charge on any atom is -0.465 e. The van der Waals surface area contributed by atoms with Crippen molar-refractivity contribution >= 4 is 17.1 Å². The van der Waals surface area contributed by atoms with Crippen molar-refractivity contribution < 1.29 is 32.5 Å². The molecule has 14 heteroatoms. The van der Waals surface area contributed by atoms with Gasteiger partial charge >= 0.3 is 12.5 Å². The van der Waals surface area contributed by atoms with Gasteiger partial charge in [-0.25, -0.2) is 14.5 Å². The van der Waals surface area contributed by atoms with E-state index in [-0.39, 0.29) is 18.5 Å². The number of ether oxygens (including phenoxy) is 2. The molecule has 2 N–H and O–H groups in total. The molecule has 188 valence electrons. The van der Waals surface area contributed by atoms with Crippen LogP contribution < -0.4 is 10.1 Å². The second-order valence-electron chi connectivity index (χ2n) is 7.99. The summed E-state index contributed by atoms with van der Waals surface area (Å²) in [6, 6.07) is 6.82. The normalized spacial score (nSPS) is 16.2. The molecule has 1 atom stereocenters. The van der Waals surface area contributed by atoms with Gasteiger partial charge in [0.2, 0.25) is 0 Å². The van der Waals surface area contributed by atoms with Crippen molar-refractivity contribution in [3.05, 3.63) is 48.4 Å². The maximum Gasteiger partial charge on any atom is 0.573 e. The summed E-state index contributed by atoms with van der Waals surface area (Å²) in [6.45, 7) is 0.498. The Morgan fingerprint density at radius 2 is 2.00 bits per heavy atom. The Kier molecular flexibility index (Phi) is 6.18. The smallest absolute Gasteiger partial charge is 0.465 e. The van der Waals surface area contributed by atoms with Crippen molar-refractivity contribution in [2.45, 2.75) is 38.4 Å². The third-order valence-corrected chi connectivity index (χ3v) is 5.56. The van der Waals surface area contributed by atoms with Crippen LogP contribution in [0.1, 0.15) is 31.2 Å². The predicted octanol–water partition coefficient (Wildman–Crippen LogP) is 4.04. The maximum absolute atomic E-state index is 12.5. The molecule has 5 rings (SSSR count). The Morgan fingerprint density at radius 1 is 1.19 bits per heavy atom. The van der Waals surface area contributed by atoms with Gasteiger partial charge in [0, 0.05) is 18.4 Å². The fourth-order valence-electron chi connectivity index (χ4n) is 4.02. The molecule has 1 aliphatic rings. The molecule has 1 amide bonds. The first kappa shape index (κ1) is 23.5. The standard InChI is InChI=1S/C22H20F3N7O4/c23-22(24,25)36-14-6-4-13(5-7-14)31-20-19(17(29-31)11-27-21(33)34)15(8-9-26-20)16-12-28-32(30-16)18-3-1-2-10-35-18/h4-9,12,18,27H,1-3,10-11H2,(H,33,34). The first-order chi connectivity index (χ1) is 17.3. The van der Waals surface area contributed by atoms with Crippen LogP contribution in [0.5, 0.6) is 5.75 Å². The highest BCUT2D eigenvalue weighted by atomic mass is 19.4. The number of amides is 1. The highest BCUT2D eigenvalue weighted by Gasteiger charge is 2.31. The SMILES string of the molecule is O=C(O)NCc1nn(-c2ccc(OC(F)(F)F)cc2)c2nccc(-c3cnn(C4CCCCO4)n3)c12. The second kappa shape index (κ2) is 9.45. The summed E-state index contributed by atoms with van der Waals surface area (Å²) in [7, 11) is 0. The number of halogens is 3. The van der Waals surface area contributed by atoms with E-state index in [4.69, 9.17) is 9.84 Å². The Morgan fingerprint density at radius 3 is 2.69 bits per heavy atom. The number of benzene rings is 1. The van der Waals surface area contributed by atoms with Crippen LogP contribution in [-0.2, 0) is 11.3 Å². The van der Waals surface area contributed by atoms with Crippen molar-refractivity contribution in [2.24, 2.45) is 0 Å². The van der Waals surface area contributed by atoms with Crippen molar-refractivity contribution in [3.63, 3.8) is 0 Å². The fraction of sp³-hybridized carbons (Fsp3) is 0.318. The Labute approximate surface area is 201 Å².